The summed E-state index contributed by atoms with van der Waals surface area (Å²) >= 11 is 0. The summed E-state index contributed by atoms with van der Waals surface area (Å²) in [6.45, 7) is 37.7. The maximum Gasteiger partial charge on any atom is -0.00675 e. The SMILES string of the molecule is CC(C)c1cc(C(C)C)cc(P(c2cc(C(C)C)cc(C(C)C)c2)c2ccccc2P(c2cc(C(C)C)cc(C(C)C)c2)c2cc(C(C)C)cc(C(C)C)c2)c1. The van der Waals surface area contributed by atoms with Crippen LogP contribution in [0.15, 0.2) is 97.1 Å². The van der Waals surface area contributed by atoms with Gasteiger partial charge >= 0.3 is 0 Å². The molecule has 0 bridgehead atoms. The molecule has 2 heteroatoms. The summed E-state index contributed by atoms with van der Waals surface area (Å²) in [5, 5.41) is 8.91. The van der Waals surface area contributed by atoms with E-state index >= 15 is 0 Å². The van der Waals surface area contributed by atoms with E-state index < -0.39 is 15.8 Å². The van der Waals surface area contributed by atoms with Gasteiger partial charge in [0.2, 0.25) is 0 Å². The largest absolute Gasteiger partial charge is 0.0616 e. The molecule has 0 aliphatic carbocycles. The molecule has 0 saturated heterocycles. The first-order valence-electron chi connectivity index (χ1n) is 21.6. The van der Waals surface area contributed by atoms with Crippen LogP contribution < -0.4 is 31.8 Å². The predicted molar refractivity (Wildman–Crippen MR) is 257 cm³/mol. The second kappa shape index (κ2) is 18.7. The molecule has 0 amide bonds. The maximum atomic E-state index is 2.57. The van der Waals surface area contributed by atoms with Crippen molar-refractivity contribution in [2.24, 2.45) is 0 Å². The van der Waals surface area contributed by atoms with Crippen LogP contribution in [0.4, 0.5) is 0 Å². The second-order valence-electron chi connectivity index (χ2n) is 18.8. The minimum atomic E-state index is -0.908. The van der Waals surface area contributed by atoms with Crippen LogP contribution in [0.25, 0.3) is 0 Å². The zero-order valence-corrected chi connectivity index (χ0v) is 39.5. The topological polar surface area (TPSA) is 0 Å². The summed E-state index contributed by atoms with van der Waals surface area (Å²) in [4.78, 5) is 0. The van der Waals surface area contributed by atoms with E-state index in [2.05, 4.69) is 208 Å². The molecule has 0 unspecified atom stereocenters. The number of hydrogen-bond donors (Lipinski definition) is 0. The molecule has 5 aromatic carbocycles. The van der Waals surface area contributed by atoms with Gasteiger partial charge in [0, 0.05) is 0 Å². The van der Waals surface area contributed by atoms with Gasteiger partial charge in [-0.2, -0.15) is 0 Å². The van der Waals surface area contributed by atoms with Crippen molar-refractivity contribution in [3.63, 3.8) is 0 Å². The molecule has 0 fully saturated rings. The Balaban J connectivity index is 1.97. The van der Waals surface area contributed by atoms with Crippen LogP contribution in [0.1, 0.15) is 203 Å². The maximum absolute atomic E-state index is 2.57. The molecule has 298 valence electrons. The monoisotopic (exact) mass is 783 g/mol. The van der Waals surface area contributed by atoms with Crippen LogP contribution in [-0.2, 0) is 0 Å². The van der Waals surface area contributed by atoms with Crippen molar-refractivity contribution in [1.82, 2.24) is 0 Å². The van der Waals surface area contributed by atoms with E-state index in [0.717, 1.165) is 0 Å². The van der Waals surface area contributed by atoms with Crippen molar-refractivity contribution >= 4 is 47.7 Å². The fraction of sp³-hybridized carbons (Fsp3) is 0.444. The highest BCUT2D eigenvalue weighted by atomic mass is 31.1. The summed E-state index contributed by atoms with van der Waals surface area (Å²) in [7, 11) is -1.82. The third-order valence-corrected chi connectivity index (χ3v) is 16.6. The number of rotatable bonds is 14. The molecular weight excluding hydrogens is 711 g/mol. The summed E-state index contributed by atoms with van der Waals surface area (Å²) in [6.07, 6.45) is 0. The third kappa shape index (κ3) is 10.1. The minimum absolute atomic E-state index is 0.450. The van der Waals surface area contributed by atoms with Crippen molar-refractivity contribution in [3.8, 4) is 0 Å². The first kappa shape index (κ1) is 44.1. The van der Waals surface area contributed by atoms with Gasteiger partial charge in [-0.15, -0.1) is 0 Å². The molecule has 0 atom stereocenters. The van der Waals surface area contributed by atoms with Gasteiger partial charge in [0.15, 0.2) is 0 Å². The first-order chi connectivity index (χ1) is 26.4. The van der Waals surface area contributed by atoms with Crippen LogP contribution >= 0.6 is 15.8 Å². The zero-order valence-electron chi connectivity index (χ0n) is 37.8. The highest BCUT2D eigenvalue weighted by Gasteiger charge is 2.29. The van der Waals surface area contributed by atoms with E-state index in [-0.39, 0.29) is 0 Å². The lowest BCUT2D eigenvalue weighted by Gasteiger charge is -2.31. The zero-order chi connectivity index (χ0) is 41.2. The van der Waals surface area contributed by atoms with Gasteiger partial charge in [0.1, 0.15) is 0 Å². The summed E-state index contributed by atoms with van der Waals surface area (Å²) in [5.41, 5.74) is 11.6. The van der Waals surface area contributed by atoms with E-state index in [1.807, 2.05) is 0 Å². The van der Waals surface area contributed by atoms with Crippen molar-refractivity contribution in [2.75, 3.05) is 0 Å². The summed E-state index contributed by atoms with van der Waals surface area (Å²) in [5.74, 6) is 3.60. The summed E-state index contributed by atoms with van der Waals surface area (Å²) < 4.78 is 0. The Kier molecular flexibility index (Phi) is 14.7. The Morgan fingerprint density at radius 1 is 0.250 bits per heavy atom. The van der Waals surface area contributed by atoms with E-state index in [4.69, 9.17) is 0 Å². The van der Waals surface area contributed by atoms with Gasteiger partial charge in [0.25, 0.3) is 0 Å². The van der Waals surface area contributed by atoms with E-state index in [9.17, 15) is 0 Å². The lowest BCUT2D eigenvalue weighted by atomic mass is 9.96. The lowest BCUT2D eigenvalue weighted by molar-refractivity contribution is 0.835. The molecule has 5 aromatic rings. The van der Waals surface area contributed by atoms with Crippen molar-refractivity contribution < 1.29 is 0 Å². The molecule has 0 saturated carbocycles. The quantitative estimate of drug-likeness (QED) is 0.0984. The molecule has 0 spiro atoms. The number of benzene rings is 5. The molecule has 0 radical (unpaired) electrons. The van der Waals surface area contributed by atoms with Gasteiger partial charge in [-0.1, -0.05) is 208 Å². The Hall–Kier alpha value is -3.04. The van der Waals surface area contributed by atoms with Gasteiger partial charge < -0.3 is 0 Å². The Bertz CT molecular complexity index is 1710. The van der Waals surface area contributed by atoms with E-state index in [1.165, 1.54) is 76.3 Å². The van der Waals surface area contributed by atoms with Gasteiger partial charge in [-0.25, -0.2) is 0 Å². The first-order valence-corrected chi connectivity index (χ1v) is 24.3. The predicted octanol–water partition coefficient (Wildman–Crippen LogP) is 14.2. The lowest BCUT2D eigenvalue weighted by Crippen LogP contribution is -2.35. The molecular formula is C54H72P2. The van der Waals surface area contributed by atoms with Crippen molar-refractivity contribution in [1.29, 1.82) is 0 Å². The Labute approximate surface area is 345 Å². The van der Waals surface area contributed by atoms with Crippen LogP contribution in [0.2, 0.25) is 0 Å². The van der Waals surface area contributed by atoms with Gasteiger partial charge in [0.05, 0.1) is 0 Å². The molecule has 56 heavy (non-hydrogen) atoms. The highest BCUT2D eigenvalue weighted by molar-refractivity contribution is 7.85. The normalized spacial score (nSPS) is 12.5. The fourth-order valence-electron chi connectivity index (χ4n) is 7.52. The van der Waals surface area contributed by atoms with Gasteiger partial charge in [-0.3, -0.25) is 0 Å². The molecule has 0 N–H and O–H groups in total. The highest BCUT2D eigenvalue weighted by Crippen LogP contribution is 2.43. The summed E-state index contributed by atoms with van der Waals surface area (Å²) in [6, 6.07) is 40.2. The molecule has 0 aliphatic heterocycles. The van der Waals surface area contributed by atoms with E-state index in [1.54, 1.807) is 0 Å². The smallest absolute Gasteiger partial charge is 0.00675 e. The average Bonchev–Trinajstić information content (AvgIpc) is 3.15. The van der Waals surface area contributed by atoms with Crippen LogP contribution in [0, 0.1) is 0 Å². The molecule has 0 heterocycles. The molecule has 0 aliphatic rings. The third-order valence-electron chi connectivity index (χ3n) is 11.6. The van der Waals surface area contributed by atoms with Crippen LogP contribution in [-0.4, -0.2) is 0 Å². The van der Waals surface area contributed by atoms with Crippen molar-refractivity contribution in [3.05, 3.63) is 142 Å². The number of hydrogen-bond acceptors (Lipinski definition) is 0. The van der Waals surface area contributed by atoms with Crippen LogP contribution in [0.3, 0.4) is 0 Å². The second-order valence-corrected chi connectivity index (χ2v) is 23.2. The average molecular weight is 783 g/mol. The Morgan fingerprint density at radius 3 is 0.554 bits per heavy atom. The van der Waals surface area contributed by atoms with Crippen LogP contribution in [0.5, 0.6) is 0 Å². The minimum Gasteiger partial charge on any atom is -0.0616 e. The molecule has 0 nitrogen and oxygen atoms in total. The molecule has 0 aromatic heterocycles. The van der Waals surface area contributed by atoms with Gasteiger partial charge in [-0.05, 0) is 140 Å². The standard InChI is InChI=1S/C54H72P2/c1-33(2)41-21-42(34(3)4)26-49(25-41)55(50-27-43(35(5)6)22-44(28-50)36(7)8)53-19-17-18-20-54(53)56(51-29-45(37(9)10)23-46(30-51)38(11)12)52-31-47(39(13)14)24-48(32-52)40(15)16/h17-40H,1-16H3. The van der Waals surface area contributed by atoms with Crippen molar-refractivity contribution in [2.45, 2.75) is 158 Å². The molecule has 5 rings (SSSR count). The Morgan fingerprint density at radius 2 is 0.411 bits per heavy atom. The fourth-order valence-corrected chi connectivity index (χ4v) is 13.1. The van der Waals surface area contributed by atoms with E-state index in [0.29, 0.717) is 47.3 Å².